The van der Waals surface area contributed by atoms with Crippen LogP contribution < -0.4 is 19.8 Å². The Bertz CT molecular complexity index is 1270. The van der Waals surface area contributed by atoms with Gasteiger partial charge in [0.05, 0.1) is 20.3 Å². The lowest BCUT2D eigenvalue weighted by atomic mass is 9.96. The van der Waals surface area contributed by atoms with Crippen LogP contribution in [0.3, 0.4) is 0 Å². The van der Waals surface area contributed by atoms with E-state index < -0.39 is 18.3 Å². The molecule has 3 atom stereocenters. The van der Waals surface area contributed by atoms with Gasteiger partial charge in [-0.05, 0) is 43.3 Å². The van der Waals surface area contributed by atoms with E-state index in [2.05, 4.69) is 15.3 Å². The topological polar surface area (TPSA) is 70.8 Å². The molecule has 39 heavy (non-hydrogen) atoms. The van der Waals surface area contributed by atoms with Gasteiger partial charge in [0.2, 0.25) is 11.9 Å². The molecule has 5 rings (SSSR count). The highest BCUT2D eigenvalue weighted by Crippen LogP contribution is 2.30. The Kier molecular flexibility index (Phi) is 7.55. The zero-order valence-electron chi connectivity index (χ0n) is 22.2. The molecule has 208 valence electrons. The quantitative estimate of drug-likeness (QED) is 0.583. The van der Waals surface area contributed by atoms with E-state index in [4.69, 9.17) is 9.47 Å². The van der Waals surface area contributed by atoms with Gasteiger partial charge in [0, 0.05) is 49.8 Å². The summed E-state index contributed by atoms with van der Waals surface area (Å²) < 4.78 is 53.1. The molecule has 2 unspecified atom stereocenters. The van der Waals surface area contributed by atoms with Crippen LogP contribution in [0.15, 0.2) is 59.5 Å². The smallest absolute Gasteiger partial charge is 0.444 e. The summed E-state index contributed by atoms with van der Waals surface area (Å²) in [6.45, 7) is 2.99. The van der Waals surface area contributed by atoms with E-state index in [-0.39, 0.29) is 17.3 Å². The third kappa shape index (κ3) is 5.74. The molecule has 0 aromatic heterocycles. The van der Waals surface area contributed by atoms with Crippen molar-refractivity contribution in [2.75, 3.05) is 47.4 Å². The van der Waals surface area contributed by atoms with E-state index in [1.807, 2.05) is 18.0 Å². The molecule has 1 amide bonds. The van der Waals surface area contributed by atoms with Gasteiger partial charge in [-0.25, -0.2) is 0 Å². The van der Waals surface area contributed by atoms with Crippen molar-refractivity contribution in [3.63, 3.8) is 0 Å². The number of methoxy groups -OCH3 is 2. The Morgan fingerprint density at radius 3 is 2.38 bits per heavy atom. The first kappa shape index (κ1) is 27.0. The summed E-state index contributed by atoms with van der Waals surface area (Å²) in [7, 11) is 5.09. The molecule has 0 aliphatic carbocycles. The van der Waals surface area contributed by atoms with Crippen molar-refractivity contribution >= 4 is 11.6 Å². The number of ether oxygens (including phenoxy) is 2. The molecule has 11 heteroatoms. The average molecular weight is 545 g/mol. The fourth-order valence-electron chi connectivity index (χ4n) is 5.33. The van der Waals surface area contributed by atoms with Crippen LogP contribution in [0.1, 0.15) is 27.9 Å². The third-order valence-corrected chi connectivity index (χ3v) is 7.55. The summed E-state index contributed by atoms with van der Waals surface area (Å²) in [6.07, 6.45) is -2.49. The Hall–Kier alpha value is -3.57. The summed E-state index contributed by atoms with van der Waals surface area (Å²) in [6, 6.07) is 10.2. The van der Waals surface area contributed by atoms with Gasteiger partial charge in [0.25, 0.3) is 5.91 Å². The molecule has 2 saturated heterocycles. The molecule has 3 aliphatic rings. The predicted molar refractivity (Wildman–Crippen MR) is 140 cm³/mol. The van der Waals surface area contributed by atoms with Crippen molar-refractivity contribution in [2.24, 2.45) is 5.10 Å². The molecular formula is C28H33F3N5O3+. The maximum Gasteiger partial charge on any atom is 0.444 e. The Labute approximate surface area is 225 Å². The molecule has 2 aromatic rings. The highest BCUT2D eigenvalue weighted by atomic mass is 19.4. The lowest BCUT2D eigenvalue weighted by molar-refractivity contribution is -0.913. The van der Waals surface area contributed by atoms with Crippen molar-refractivity contribution in [2.45, 2.75) is 31.1 Å². The number of alkyl halides is 3. The van der Waals surface area contributed by atoms with Crippen molar-refractivity contribution in [3.8, 4) is 11.5 Å². The second-order valence-corrected chi connectivity index (χ2v) is 10.2. The number of hydrogen-bond acceptors (Lipinski definition) is 6. The number of rotatable bonds is 6. The number of halogens is 3. The molecule has 0 radical (unpaired) electrons. The Morgan fingerprint density at radius 1 is 1.05 bits per heavy atom. The van der Waals surface area contributed by atoms with Crippen molar-refractivity contribution in [1.29, 1.82) is 0 Å². The Morgan fingerprint density at radius 2 is 1.74 bits per heavy atom. The minimum atomic E-state index is -4.43. The molecular weight excluding hydrogens is 511 g/mol. The van der Waals surface area contributed by atoms with Gasteiger partial charge in [-0.2, -0.15) is 18.2 Å². The number of likely N-dealkylation sites (N-methyl/N-ethyl adjacent to an activating group) is 1. The van der Waals surface area contributed by atoms with E-state index in [9.17, 15) is 18.0 Å². The van der Waals surface area contributed by atoms with Gasteiger partial charge in [-0.3, -0.25) is 4.79 Å². The monoisotopic (exact) mass is 544 g/mol. The number of nitrogens with one attached hydrogen (secondary N) is 2. The molecule has 0 bridgehead atoms. The van der Waals surface area contributed by atoms with Crippen LogP contribution in [0.25, 0.3) is 0 Å². The summed E-state index contributed by atoms with van der Waals surface area (Å²) >= 11 is 0. The fourth-order valence-corrected chi connectivity index (χ4v) is 5.33. The average Bonchev–Trinajstić information content (AvgIpc) is 3.36. The SMILES string of the molecule is COc1ccc(CC2C[C@H](C(F)(F)F)[NH+]3N=C(c4ccc(C(=O)N5CCN(C)CC5)cc4)C=C3N2)cc1OC. The summed E-state index contributed by atoms with van der Waals surface area (Å²) in [5.41, 5.74) is 2.52. The maximum atomic E-state index is 14.2. The van der Waals surface area contributed by atoms with E-state index >= 15 is 0 Å². The molecule has 0 saturated carbocycles. The number of nitrogens with zero attached hydrogens (tertiary/aromatic N) is 3. The largest absolute Gasteiger partial charge is 0.493 e. The number of benzene rings is 2. The van der Waals surface area contributed by atoms with Crippen LogP contribution in [0.2, 0.25) is 0 Å². The molecule has 0 spiro atoms. The summed E-state index contributed by atoms with van der Waals surface area (Å²) in [4.78, 5) is 16.9. The second kappa shape index (κ2) is 10.9. The highest BCUT2D eigenvalue weighted by molar-refractivity contribution is 6.09. The molecule has 2 fully saturated rings. The number of carbonyl (C=O) groups is 1. The lowest BCUT2D eigenvalue weighted by Crippen LogP contribution is -3.14. The maximum absolute atomic E-state index is 14.2. The van der Waals surface area contributed by atoms with Crippen LogP contribution in [0, 0.1) is 0 Å². The van der Waals surface area contributed by atoms with E-state index in [1.165, 1.54) is 14.2 Å². The van der Waals surface area contributed by atoms with Crippen molar-refractivity contribution in [1.82, 2.24) is 15.1 Å². The standard InChI is InChI=1S/C28H32F3N5O3/c1-34-10-12-35(13-11-34)27(37)20-7-5-19(6-8-20)22-17-26-32-21(16-25(28(29,30)31)36(26)33-22)14-18-4-9-23(38-2)24(15-18)39-3/h4-9,15,17,21,25,32H,10-14,16H2,1-3H3/p+1/t21?,25-/m1/s1. The summed E-state index contributed by atoms with van der Waals surface area (Å²) in [5.74, 6) is 1.45. The lowest BCUT2D eigenvalue weighted by Gasteiger charge is -2.34. The number of fused-ring (bicyclic) bond motifs is 1. The number of hydrogen-bond donors (Lipinski definition) is 2. The number of quaternary nitrogens is 1. The van der Waals surface area contributed by atoms with Crippen molar-refractivity contribution in [3.05, 3.63) is 71.1 Å². The van der Waals surface area contributed by atoms with Gasteiger partial charge in [-0.15, -0.1) is 0 Å². The predicted octanol–water partition coefficient (Wildman–Crippen LogP) is 2.07. The Balaban J connectivity index is 1.33. The van der Waals surface area contributed by atoms with Crippen molar-refractivity contribution < 1.29 is 32.4 Å². The molecule has 2 aromatic carbocycles. The molecule has 3 heterocycles. The van der Waals surface area contributed by atoms with Gasteiger partial charge in [0.15, 0.2) is 11.5 Å². The van der Waals surface area contributed by atoms with Gasteiger partial charge in [0.1, 0.15) is 5.71 Å². The zero-order chi connectivity index (χ0) is 27.7. The van der Waals surface area contributed by atoms with Gasteiger partial charge < -0.3 is 24.6 Å². The first-order valence-electron chi connectivity index (χ1n) is 13.0. The van der Waals surface area contributed by atoms with E-state index in [0.717, 1.165) is 18.7 Å². The van der Waals surface area contributed by atoms with Crippen LogP contribution >= 0.6 is 0 Å². The van der Waals surface area contributed by atoms with Gasteiger partial charge >= 0.3 is 6.18 Å². The normalized spacial score (nSPS) is 23.4. The van der Waals surface area contributed by atoms with E-state index in [0.29, 0.717) is 53.7 Å². The third-order valence-electron chi connectivity index (χ3n) is 7.55. The van der Waals surface area contributed by atoms with Crippen LogP contribution in [-0.2, 0) is 6.42 Å². The summed E-state index contributed by atoms with van der Waals surface area (Å²) in [5, 5.41) is 7.71. The first-order chi connectivity index (χ1) is 18.7. The van der Waals surface area contributed by atoms with E-state index in [1.54, 1.807) is 42.5 Å². The number of allylic oxidation sites excluding steroid dienone is 1. The van der Waals surface area contributed by atoms with Crippen LogP contribution in [0.4, 0.5) is 13.2 Å². The number of amides is 1. The molecule has 3 aliphatic heterocycles. The number of piperazine rings is 1. The van der Waals surface area contributed by atoms with Crippen LogP contribution in [-0.4, -0.2) is 87.1 Å². The minimum absolute atomic E-state index is 0.0126. The minimum Gasteiger partial charge on any atom is -0.493 e. The molecule has 2 N–H and O–H groups in total. The fraction of sp³-hybridized carbons (Fsp3) is 0.429. The zero-order valence-corrected chi connectivity index (χ0v) is 22.2. The first-order valence-corrected chi connectivity index (χ1v) is 13.0. The molecule has 8 nitrogen and oxygen atoms in total. The highest BCUT2D eigenvalue weighted by Gasteiger charge is 2.54. The van der Waals surface area contributed by atoms with Crippen LogP contribution in [0.5, 0.6) is 11.5 Å². The number of carbonyl (C=O) groups excluding carboxylic acids is 1. The van der Waals surface area contributed by atoms with Gasteiger partial charge in [-0.1, -0.05) is 23.3 Å². The second-order valence-electron chi connectivity index (χ2n) is 10.2.